The molecule has 3 rings (SSSR count). The second-order valence-electron chi connectivity index (χ2n) is 6.13. The predicted molar refractivity (Wildman–Crippen MR) is 86.8 cm³/mol. The van der Waals surface area contributed by atoms with Crippen LogP contribution >= 0.6 is 0 Å². The van der Waals surface area contributed by atoms with Crippen LogP contribution in [0.2, 0.25) is 0 Å². The van der Waals surface area contributed by atoms with E-state index in [1.165, 1.54) is 30.1 Å². The molecular weight excluding hydrogens is 368 g/mol. The summed E-state index contributed by atoms with van der Waals surface area (Å²) in [6, 6.07) is 3.08. The average molecular weight is 382 g/mol. The molecule has 27 heavy (non-hydrogen) atoms. The molecule has 0 radical (unpaired) electrons. The van der Waals surface area contributed by atoms with E-state index in [4.69, 9.17) is 0 Å². The van der Waals surface area contributed by atoms with Crippen LogP contribution in [0.1, 0.15) is 29.4 Å². The first-order valence-corrected chi connectivity index (χ1v) is 7.71. The van der Waals surface area contributed by atoms with Crippen molar-refractivity contribution < 1.29 is 22.7 Å². The minimum absolute atomic E-state index is 0.112. The summed E-state index contributed by atoms with van der Waals surface area (Å²) in [4.78, 5) is 18.1. The fourth-order valence-electron chi connectivity index (χ4n) is 2.62. The molecule has 0 aliphatic heterocycles. The molecule has 0 fully saturated rings. The Labute approximate surface area is 150 Å². The first-order chi connectivity index (χ1) is 12.5. The Hall–Kier alpha value is -3.01. The second-order valence-corrected chi connectivity index (χ2v) is 6.13. The molecule has 2 heterocycles. The number of aryl methyl sites for hydroxylation is 1. The molecule has 0 aliphatic carbocycles. The van der Waals surface area contributed by atoms with Crippen molar-refractivity contribution in [1.29, 1.82) is 0 Å². The van der Waals surface area contributed by atoms with Gasteiger partial charge in [-0.3, -0.25) is 4.79 Å². The quantitative estimate of drug-likeness (QED) is 0.683. The van der Waals surface area contributed by atoms with Gasteiger partial charge in [0.2, 0.25) is 0 Å². The van der Waals surface area contributed by atoms with Crippen molar-refractivity contribution in [3.05, 3.63) is 75.3 Å². The van der Waals surface area contributed by atoms with E-state index in [0.717, 1.165) is 6.07 Å². The van der Waals surface area contributed by atoms with Crippen LogP contribution in [0, 0.1) is 12.7 Å². The number of rotatable bonds is 3. The standard InChI is InChI=1S/C17H14F4N4O2/c1-9-23-14(6-15(26)24-9)25-8-11(7-22-25)16(2,27)12-4-3-10(5-13(12)18)17(19,20)21/h3-8,27H,1-2H3,(H,23,24,26). The highest BCUT2D eigenvalue weighted by atomic mass is 19.4. The largest absolute Gasteiger partial charge is 0.416 e. The third-order valence-electron chi connectivity index (χ3n) is 4.05. The van der Waals surface area contributed by atoms with Crippen molar-refractivity contribution in [3.8, 4) is 5.82 Å². The Morgan fingerprint density at radius 1 is 1.19 bits per heavy atom. The normalized spacial score (nSPS) is 14.2. The Bertz CT molecular complexity index is 1050. The molecule has 1 aromatic carbocycles. The number of H-pyrrole nitrogens is 1. The van der Waals surface area contributed by atoms with Crippen molar-refractivity contribution in [2.45, 2.75) is 25.6 Å². The summed E-state index contributed by atoms with van der Waals surface area (Å²) >= 11 is 0. The first kappa shape index (κ1) is 18.8. The average Bonchev–Trinajstić information content (AvgIpc) is 3.03. The molecule has 0 saturated heterocycles. The number of hydrogen-bond acceptors (Lipinski definition) is 4. The van der Waals surface area contributed by atoms with Crippen LogP contribution < -0.4 is 5.56 Å². The zero-order chi connectivity index (χ0) is 20.0. The lowest BCUT2D eigenvalue weighted by Crippen LogP contribution is -2.24. The van der Waals surface area contributed by atoms with Crippen molar-refractivity contribution in [2.75, 3.05) is 0 Å². The molecule has 0 bridgehead atoms. The molecule has 1 unspecified atom stereocenters. The maximum absolute atomic E-state index is 14.3. The molecule has 142 valence electrons. The SMILES string of the molecule is Cc1nc(-n2cc(C(C)(O)c3ccc(C(F)(F)F)cc3F)cn2)cc(=O)[nH]1. The second kappa shape index (κ2) is 6.31. The van der Waals surface area contributed by atoms with Gasteiger partial charge in [-0.25, -0.2) is 14.1 Å². The summed E-state index contributed by atoms with van der Waals surface area (Å²) in [5, 5.41) is 14.7. The monoisotopic (exact) mass is 382 g/mol. The van der Waals surface area contributed by atoms with Gasteiger partial charge in [-0.15, -0.1) is 0 Å². The third kappa shape index (κ3) is 3.61. The maximum Gasteiger partial charge on any atom is 0.416 e. The van der Waals surface area contributed by atoms with Gasteiger partial charge in [-0.1, -0.05) is 6.07 Å². The summed E-state index contributed by atoms with van der Waals surface area (Å²) in [5.41, 5.74) is -3.75. The predicted octanol–water partition coefficient (Wildman–Crippen LogP) is 2.68. The zero-order valence-corrected chi connectivity index (χ0v) is 14.2. The highest BCUT2D eigenvalue weighted by Gasteiger charge is 2.35. The number of alkyl halides is 3. The summed E-state index contributed by atoms with van der Waals surface area (Å²) in [5.74, 6) is -0.686. The van der Waals surface area contributed by atoms with Crippen molar-refractivity contribution >= 4 is 0 Å². The van der Waals surface area contributed by atoms with E-state index in [0.29, 0.717) is 18.0 Å². The van der Waals surface area contributed by atoms with Crippen molar-refractivity contribution in [3.63, 3.8) is 0 Å². The van der Waals surface area contributed by atoms with E-state index in [9.17, 15) is 27.5 Å². The molecule has 0 saturated carbocycles. The van der Waals surface area contributed by atoms with E-state index in [-0.39, 0.29) is 16.9 Å². The number of halogens is 4. The summed E-state index contributed by atoms with van der Waals surface area (Å²) in [6.07, 6.45) is -2.16. The molecule has 0 amide bonds. The number of nitrogens with zero attached hydrogens (tertiary/aromatic N) is 3. The van der Waals surface area contributed by atoms with Crippen LogP contribution in [0.25, 0.3) is 5.82 Å². The highest BCUT2D eigenvalue weighted by molar-refractivity contribution is 5.37. The van der Waals surface area contributed by atoms with Crippen LogP contribution in [0.15, 0.2) is 41.5 Å². The number of benzene rings is 1. The Kier molecular flexibility index (Phi) is 4.38. The number of aromatic nitrogens is 4. The van der Waals surface area contributed by atoms with Gasteiger partial charge in [0, 0.05) is 23.4 Å². The fourth-order valence-corrected chi connectivity index (χ4v) is 2.62. The van der Waals surface area contributed by atoms with Gasteiger partial charge < -0.3 is 10.1 Å². The molecule has 0 aliphatic rings. The van der Waals surface area contributed by atoms with Gasteiger partial charge in [-0.05, 0) is 26.0 Å². The van der Waals surface area contributed by atoms with E-state index in [1.54, 1.807) is 6.92 Å². The lowest BCUT2D eigenvalue weighted by Gasteiger charge is -2.23. The third-order valence-corrected chi connectivity index (χ3v) is 4.05. The lowest BCUT2D eigenvalue weighted by molar-refractivity contribution is -0.137. The molecule has 1 atom stereocenters. The van der Waals surface area contributed by atoms with Gasteiger partial charge in [0.25, 0.3) is 5.56 Å². The number of aliphatic hydroxyl groups is 1. The van der Waals surface area contributed by atoms with Crippen LogP contribution in [-0.2, 0) is 11.8 Å². The number of aromatic amines is 1. The van der Waals surface area contributed by atoms with Crippen molar-refractivity contribution in [1.82, 2.24) is 19.7 Å². The van der Waals surface area contributed by atoms with Gasteiger partial charge in [0.15, 0.2) is 5.82 Å². The number of hydrogen-bond donors (Lipinski definition) is 2. The molecule has 0 spiro atoms. The summed E-state index contributed by atoms with van der Waals surface area (Å²) in [6.45, 7) is 2.81. The molecule has 3 aromatic rings. The molecular formula is C17H14F4N4O2. The van der Waals surface area contributed by atoms with E-state index in [2.05, 4.69) is 15.1 Å². The van der Waals surface area contributed by atoms with E-state index >= 15 is 0 Å². The Morgan fingerprint density at radius 2 is 1.89 bits per heavy atom. The molecule has 6 nitrogen and oxygen atoms in total. The highest BCUT2D eigenvalue weighted by Crippen LogP contribution is 2.35. The topological polar surface area (TPSA) is 83.8 Å². The molecule has 10 heteroatoms. The van der Waals surface area contributed by atoms with Crippen molar-refractivity contribution in [2.24, 2.45) is 0 Å². The fraction of sp³-hybridized carbons (Fsp3) is 0.235. The van der Waals surface area contributed by atoms with Gasteiger partial charge in [0.1, 0.15) is 17.2 Å². The Balaban J connectivity index is 2.01. The zero-order valence-electron chi connectivity index (χ0n) is 14.2. The smallest absolute Gasteiger partial charge is 0.380 e. The van der Waals surface area contributed by atoms with E-state index < -0.39 is 28.7 Å². The van der Waals surface area contributed by atoms with Crippen LogP contribution in [0.3, 0.4) is 0 Å². The number of nitrogens with one attached hydrogen (secondary N) is 1. The molecule has 2 aromatic heterocycles. The van der Waals surface area contributed by atoms with Crippen LogP contribution in [-0.4, -0.2) is 24.9 Å². The van der Waals surface area contributed by atoms with Crippen LogP contribution in [0.4, 0.5) is 17.6 Å². The molecule has 2 N–H and O–H groups in total. The van der Waals surface area contributed by atoms with Gasteiger partial charge in [0.05, 0.1) is 11.8 Å². The van der Waals surface area contributed by atoms with Gasteiger partial charge >= 0.3 is 6.18 Å². The summed E-state index contributed by atoms with van der Waals surface area (Å²) in [7, 11) is 0. The Morgan fingerprint density at radius 3 is 2.48 bits per heavy atom. The lowest BCUT2D eigenvalue weighted by atomic mass is 9.89. The summed E-state index contributed by atoms with van der Waals surface area (Å²) < 4.78 is 53.5. The van der Waals surface area contributed by atoms with Gasteiger partial charge in [-0.2, -0.15) is 18.3 Å². The van der Waals surface area contributed by atoms with Crippen LogP contribution in [0.5, 0.6) is 0 Å². The minimum atomic E-state index is -4.69. The maximum atomic E-state index is 14.3. The van der Waals surface area contributed by atoms with E-state index in [1.807, 2.05) is 0 Å². The first-order valence-electron chi connectivity index (χ1n) is 7.71. The minimum Gasteiger partial charge on any atom is -0.380 e.